The zero-order valence-electron chi connectivity index (χ0n) is 9.31. The van der Waals surface area contributed by atoms with E-state index in [9.17, 15) is 4.79 Å². The molecule has 0 unspecified atom stereocenters. The molecule has 0 fully saturated rings. The summed E-state index contributed by atoms with van der Waals surface area (Å²) in [5.74, 6) is -0.666. The van der Waals surface area contributed by atoms with Gasteiger partial charge in [-0.25, -0.2) is 0 Å². The van der Waals surface area contributed by atoms with Gasteiger partial charge in [-0.1, -0.05) is 39.0 Å². The Labute approximate surface area is 88.4 Å². The Morgan fingerprint density at radius 3 is 2.17 bits per heavy atom. The minimum absolute atomic E-state index is 0. The van der Waals surface area contributed by atoms with E-state index in [0.29, 0.717) is 6.42 Å². The number of rotatable bonds is 7. The summed E-state index contributed by atoms with van der Waals surface area (Å²) in [5, 5.41) is 8.32. The molecule has 0 aliphatic heterocycles. The molecule has 68 valence electrons. The largest absolute Gasteiger partial charge is 1.00 e. The van der Waals surface area contributed by atoms with E-state index in [1.165, 1.54) is 25.7 Å². The average molecular weight is 166 g/mol. The van der Waals surface area contributed by atoms with Crippen LogP contribution in [-0.2, 0) is 4.79 Å². The molecule has 2 nitrogen and oxygen atoms in total. The summed E-state index contributed by atoms with van der Waals surface area (Å²) in [7, 11) is 0. The molecule has 3 heteroatoms. The third-order valence-electron chi connectivity index (χ3n) is 1.74. The van der Waals surface area contributed by atoms with E-state index in [-0.39, 0.29) is 20.3 Å². The van der Waals surface area contributed by atoms with Crippen molar-refractivity contribution in [3.63, 3.8) is 0 Å². The number of carboxylic acids is 1. The van der Waals surface area contributed by atoms with Crippen LogP contribution in [0.4, 0.5) is 0 Å². The standard InChI is InChI=1S/C9H18O2.Li.H/c1-2-3-4-5-6-7-8-9(10)11;;/h2-8H2,1H3,(H,10,11);;/q;+1;-1. The number of aliphatic carboxylic acids is 1. The van der Waals surface area contributed by atoms with Crippen LogP contribution < -0.4 is 18.9 Å². The molecule has 0 amide bonds. The van der Waals surface area contributed by atoms with Gasteiger partial charge in [-0.3, -0.25) is 4.79 Å². The molecule has 0 heterocycles. The molecule has 0 saturated heterocycles. The van der Waals surface area contributed by atoms with Gasteiger partial charge in [0.1, 0.15) is 0 Å². The van der Waals surface area contributed by atoms with Crippen LogP contribution in [0.1, 0.15) is 53.3 Å². The maximum atomic E-state index is 10.1. The second kappa shape index (κ2) is 11.1. The summed E-state index contributed by atoms with van der Waals surface area (Å²) in [5.41, 5.74) is 0. The Morgan fingerprint density at radius 2 is 1.67 bits per heavy atom. The summed E-state index contributed by atoms with van der Waals surface area (Å²) in [6.07, 6.45) is 7.25. The van der Waals surface area contributed by atoms with E-state index in [1.807, 2.05) is 0 Å². The zero-order chi connectivity index (χ0) is 8.53. The van der Waals surface area contributed by atoms with Gasteiger partial charge in [0.2, 0.25) is 0 Å². The van der Waals surface area contributed by atoms with Gasteiger partial charge in [0.05, 0.1) is 0 Å². The van der Waals surface area contributed by atoms with Crippen LogP contribution in [0.25, 0.3) is 0 Å². The predicted octanol–water partition coefficient (Wildman–Crippen LogP) is -0.0619. The number of hydrogen-bond donors (Lipinski definition) is 1. The van der Waals surface area contributed by atoms with Gasteiger partial charge in [-0.15, -0.1) is 0 Å². The fourth-order valence-electron chi connectivity index (χ4n) is 1.06. The van der Waals surface area contributed by atoms with Crippen molar-refractivity contribution in [1.82, 2.24) is 0 Å². The van der Waals surface area contributed by atoms with Gasteiger partial charge >= 0.3 is 24.8 Å². The van der Waals surface area contributed by atoms with Crippen molar-refractivity contribution in [2.45, 2.75) is 51.9 Å². The van der Waals surface area contributed by atoms with Gasteiger partial charge in [-0.2, -0.15) is 0 Å². The van der Waals surface area contributed by atoms with Gasteiger partial charge in [-0.05, 0) is 6.42 Å². The van der Waals surface area contributed by atoms with E-state index in [1.54, 1.807) is 0 Å². The molecule has 0 saturated carbocycles. The summed E-state index contributed by atoms with van der Waals surface area (Å²) < 4.78 is 0. The van der Waals surface area contributed by atoms with Crippen molar-refractivity contribution in [3.05, 3.63) is 0 Å². The van der Waals surface area contributed by atoms with Crippen molar-refractivity contribution in [3.8, 4) is 0 Å². The second-order valence-corrected chi connectivity index (χ2v) is 2.91. The molecular weight excluding hydrogens is 147 g/mol. The van der Waals surface area contributed by atoms with E-state index in [0.717, 1.165) is 12.8 Å². The number of hydrogen-bond acceptors (Lipinski definition) is 1. The van der Waals surface area contributed by atoms with E-state index >= 15 is 0 Å². The first-order chi connectivity index (χ1) is 5.27. The minimum Gasteiger partial charge on any atom is -1.00 e. The first-order valence-electron chi connectivity index (χ1n) is 4.49. The van der Waals surface area contributed by atoms with E-state index in [2.05, 4.69) is 6.92 Å². The van der Waals surface area contributed by atoms with E-state index in [4.69, 9.17) is 5.11 Å². The molecule has 0 spiro atoms. The number of unbranched alkanes of at least 4 members (excludes halogenated alkanes) is 5. The Morgan fingerprint density at radius 1 is 1.17 bits per heavy atom. The Kier molecular flexibility index (Phi) is 13.5. The fourth-order valence-corrected chi connectivity index (χ4v) is 1.06. The topological polar surface area (TPSA) is 37.3 Å². The van der Waals surface area contributed by atoms with Crippen molar-refractivity contribution in [2.24, 2.45) is 0 Å². The summed E-state index contributed by atoms with van der Waals surface area (Å²) >= 11 is 0. The molecule has 0 aromatic carbocycles. The first-order valence-corrected chi connectivity index (χ1v) is 4.49. The zero-order valence-corrected chi connectivity index (χ0v) is 8.31. The molecule has 0 atom stereocenters. The molecule has 12 heavy (non-hydrogen) atoms. The Balaban J connectivity index is -0.000000500. The molecule has 0 aromatic heterocycles. The molecule has 1 N–H and O–H groups in total. The summed E-state index contributed by atoms with van der Waals surface area (Å²) in [4.78, 5) is 10.1. The van der Waals surface area contributed by atoms with Gasteiger partial charge < -0.3 is 6.53 Å². The van der Waals surface area contributed by atoms with Gasteiger partial charge in [0.15, 0.2) is 0 Å². The molecule has 0 rings (SSSR count). The third kappa shape index (κ3) is 12.7. The van der Waals surface area contributed by atoms with Crippen LogP contribution in [0.15, 0.2) is 0 Å². The first kappa shape index (κ1) is 14.6. The maximum absolute atomic E-state index is 10.1. The van der Waals surface area contributed by atoms with Crippen LogP contribution in [0, 0.1) is 0 Å². The smallest absolute Gasteiger partial charge is 1.00 e. The van der Waals surface area contributed by atoms with Crippen LogP contribution in [0.3, 0.4) is 0 Å². The second-order valence-electron chi connectivity index (χ2n) is 2.91. The molecule has 0 aliphatic carbocycles. The normalized spacial score (nSPS) is 9.08. The molecule has 0 aromatic rings. The molecule has 0 aliphatic rings. The van der Waals surface area contributed by atoms with Crippen molar-refractivity contribution >= 4 is 5.97 Å². The summed E-state index contributed by atoms with van der Waals surface area (Å²) in [6, 6.07) is 0. The Bertz CT molecular complexity index is 110. The monoisotopic (exact) mass is 166 g/mol. The Hall–Kier alpha value is 0.0674. The van der Waals surface area contributed by atoms with Crippen LogP contribution in [0.5, 0.6) is 0 Å². The fraction of sp³-hybridized carbons (Fsp3) is 0.889. The molecular formula is C9H19LiO2. The van der Waals surface area contributed by atoms with E-state index < -0.39 is 5.97 Å². The van der Waals surface area contributed by atoms with Crippen LogP contribution in [0.2, 0.25) is 0 Å². The molecule has 0 radical (unpaired) electrons. The number of carboxylic acid groups (broad SMARTS) is 1. The average Bonchev–Trinajstić information content (AvgIpc) is 1.96. The van der Waals surface area contributed by atoms with Crippen molar-refractivity contribution in [2.75, 3.05) is 0 Å². The SMILES string of the molecule is CCCCCCCCC(=O)O.[H-].[Li+]. The van der Waals surface area contributed by atoms with Gasteiger partial charge in [0, 0.05) is 6.42 Å². The predicted molar refractivity (Wildman–Crippen MR) is 46.7 cm³/mol. The maximum Gasteiger partial charge on any atom is 1.00 e. The number of carbonyl (C=O) groups is 1. The minimum atomic E-state index is -0.666. The quantitative estimate of drug-likeness (QED) is 0.425. The van der Waals surface area contributed by atoms with Crippen LogP contribution in [-0.4, -0.2) is 11.1 Å². The van der Waals surface area contributed by atoms with Gasteiger partial charge in [0.25, 0.3) is 0 Å². The molecule has 0 bridgehead atoms. The summed E-state index contributed by atoms with van der Waals surface area (Å²) in [6.45, 7) is 2.18. The van der Waals surface area contributed by atoms with Crippen molar-refractivity contribution in [1.29, 1.82) is 0 Å². The van der Waals surface area contributed by atoms with Crippen molar-refractivity contribution < 1.29 is 30.2 Å². The van der Waals surface area contributed by atoms with Crippen LogP contribution >= 0.6 is 0 Å². The third-order valence-corrected chi connectivity index (χ3v) is 1.74.